The van der Waals surface area contributed by atoms with Crippen LogP contribution in [0.1, 0.15) is 0 Å². The van der Waals surface area contributed by atoms with Crippen molar-refractivity contribution in [2.45, 2.75) is 0 Å². The van der Waals surface area contributed by atoms with Gasteiger partial charge in [0, 0.05) is 31.1 Å². The van der Waals surface area contributed by atoms with Crippen LogP contribution in [0.5, 0.6) is 0 Å². The van der Waals surface area contributed by atoms with E-state index in [0.29, 0.717) is 10.9 Å². The Morgan fingerprint density at radius 1 is 1.18 bits per heavy atom. The number of anilines is 1. The zero-order chi connectivity index (χ0) is 19.2. The van der Waals surface area contributed by atoms with Crippen LogP contribution in [0, 0.1) is 0 Å². The molecule has 1 aromatic carbocycles. The van der Waals surface area contributed by atoms with E-state index in [0.717, 1.165) is 54.5 Å². The molecule has 28 heavy (non-hydrogen) atoms. The predicted octanol–water partition coefficient (Wildman–Crippen LogP) is 2.48. The molecule has 0 radical (unpaired) electrons. The molecule has 9 heteroatoms. The SMILES string of the molecule is S=C(NCCN1CCOCC1)NNc1ncnc2sc(-c3ccccc3)cc12. The fourth-order valence-corrected chi connectivity index (χ4v) is 4.17. The number of aromatic nitrogens is 2. The Kier molecular flexibility index (Phi) is 6.27. The maximum atomic E-state index is 5.36. The van der Waals surface area contributed by atoms with E-state index in [1.165, 1.54) is 5.56 Å². The molecule has 0 unspecified atom stereocenters. The maximum Gasteiger partial charge on any atom is 0.185 e. The number of hydrogen-bond acceptors (Lipinski definition) is 7. The monoisotopic (exact) mass is 414 g/mol. The normalized spacial score (nSPS) is 14.7. The Morgan fingerprint density at radius 2 is 2.00 bits per heavy atom. The van der Waals surface area contributed by atoms with Crippen molar-refractivity contribution >= 4 is 44.7 Å². The lowest BCUT2D eigenvalue weighted by atomic mass is 10.2. The predicted molar refractivity (Wildman–Crippen MR) is 117 cm³/mol. The second-order valence-electron chi connectivity index (χ2n) is 6.38. The molecule has 7 nitrogen and oxygen atoms in total. The number of ether oxygens (including phenoxy) is 1. The molecule has 0 saturated carbocycles. The van der Waals surface area contributed by atoms with Gasteiger partial charge < -0.3 is 10.1 Å². The van der Waals surface area contributed by atoms with E-state index < -0.39 is 0 Å². The van der Waals surface area contributed by atoms with Crippen LogP contribution < -0.4 is 16.2 Å². The van der Waals surface area contributed by atoms with Crippen LogP contribution in [0.25, 0.3) is 20.7 Å². The van der Waals surface area contributed by atoms with Gasteiger partial charge in [-0.2, -0.15) is 0 Å². The second kappa shape index (κ2) is 9.24. The molecule has 1 fully saturated rings. The first-order valence-electron chi connectivity index (χ1n) is 9.19. The van der Waals surface area contributed by atoms with Gasteiger partial charge >= 0.3 is 0 Å². The van der Waals surface area contributed by atoms with E-state index in [1.54, 1.807) is 17.7 Å². The average molecular weight is 415 g/mol. The van der Waals surface area contributed by atoms with Crippen molar-refractivity contribution in [1.82, 2.24) is 25.6 Å². The molecule has 0 amide bonds. The molecular weight excluding hydrogens is 392 g/mol. The molecule has 0 bridgehead atoms. The fourth-order valence-electron chi connectivity index (χ4n) is 3.01. The van der Waals surface area contributed by atoms with Crippen molar-refractivity contribution in [2.75, 3.05) is 44.8 Å². The summed E-state index contributed by atoms with van der Waals surface area (Å²) in [6, 6.07) is 12.4. The summed E-state index contributed by atoms with van der Waals surface area (Å²) < 4.78 is 5.36. The van der Waals surface area contributed by atoms with E-state index in [1.807, 2.05) is 18.2 Å². The zero-order valence-electron chi connectivity index (χ0n) is 15.4. The smallest absolute Gasteiger partial charge is 0.185 e. The summed E-state index contributed by atoms with van der Waals surface area (Å²) >= 11 is 7.00. The van der Waals surface area contributed by atoms with Crippen LogP contribution in [-0.2, 0) is 4.74 Å². The van der Waals surface area contributed by atoms with E-state index in [-0.39, 0.29) is 0 Å². The highest BCUT2D eigenvalue weighted by Crippen LogP contribution is 2.34. The van der Waals surface area contributed by atoms with Crippen LogP contribution in [0.4, 0.5) is 5.82 Å². The lowest BCUT2D eigenvalue weighted by Crippen LogP contribution is -2.44. The molecule has 3 heterocycles. The highest BCUT2D eigenvalue weighted by Gasteiger charge is 2.11. The Morgan fingerprint density at radius 3 is 2.82 bits per heavy atom. The molecule has 2 aromatic heterocycles. The van der Waals surface area contributed by atoms with Gasteiger partial charge in [0.1, 0.15) is 11.2 Å². The number of hydrazine groups is 1. The largest absolute Gasteiger partial charge is 0.379 e. The Labute approximate surface area is 173 Å². The first-order valence-corrected chi connectivity index (χ1v) is 10.4. The summed E-state index contributed by atoms with van der Waals surface area (Å²) in [6.45, 7) is 5.28. The highest BCUT2D eigenvalue weighted by molar-refractivity contribution is 7.80. The minimum absolute atomic E-state index is 0.540. The molecule has 146 valence electrons. The van der Waals surface area contributed by atoms with Gasteiger partial charge in [0.2, 0.25) is 0 Å². The van der Waals surface area contributed by atoms with Crippen LogP contribution in [0.2, 0.25) is 0 Å². The minimum atomic E-state index is 0.540. The highest BCUT2D eigenvalue weighted by atomic mass is 32.1. The lowest BCUT2D eigenvalue weighted by molar-refractivity contribution is 0.0389. The third-order valence-electron chi connectivity index (χ3n) is 4.50. The maximum absolute atomic E-state index is 5.36. The zero-order valence-corrected chi connectivity index (χ0v) is 17.0. The van der Waals surface area contributed by atoms with Crippen molar-refractivity contribution in [2.24, 2.45) is 0 Å². The average Bonchev–Trinajstić information content (AvgIpc) is 3.19. The summed E-state index contributed by atoms with van der Waals surface area (Å²) in [6.07, 6.45) is 1.56. The van der Waals surface area contributed by atoms with Crippen molar-refractivity contribution < 1.29 is 4.74 Å². The van der Waals surface area contributed by atoms with E-state index in [4.69, 9.17) is 17.0 Å². The summed E-state index contributed by atoms with van der Waals surface area (Å²) in [7, 11) is 0. The number of hydrogen-bond donors (Lipinski definition) is 3. The van der Waals surface area contributed by atoms with Gasteiger partial charge in [-0.1, -0.05) is 30.3 Å². The van der Waals surface area contributed by atoms with Crippen molar-refractivity contribution in [3.05, 3.63) is 42.7 Å². The molecule has 0 atom stereocenters. The van der Waals surface area contributed by atoms with Gasteiger partial charge in [-0.25, -0.2) is 9.97 Å². The molecule has 3 aromatic rings. The Hall–Kier alpha value is -2.33. The van der Waals surface area contributed by atoms with Crippen LogP contribution in [0.15, 0.2) is 42.7 Å². The van der Waals surface area contributed by atoms with Gasteiger partial charge in [-0.15, -0.1) is 11.3 Å². The topological polar surface area (TPSA) is 74.3 Å². The van der Waals surface area contributed by atoms with Crippen LogP contribution >= 0.6 is 23.6 Å². The molecule has 1 saturated heterocycles. The molecule has 0 aliphatic carbocycles. The number of thiophene rings is 1. The van der Waals surface area contributed by atoms with Crippen molar-refractivity contribution in [1.29, 1.82) is 0 Å². The first-order chi connectivity index (χ1) is 13.8. The number of fused-ring (bicyclic) bond motifs is 1. The molecule has 1 aliphatic heterocycles. The third-order valence-corrected chi connectivity index (χ3v) is 5.84. The van der Waals surface area contributed by atoms with Gasteiger partial charge in [-0.3, -0.25) is 15.8 Å². The van der Waals surface area contributed by atoms with E-state index >= 15 is 0 Å². The van der Waals surface area contributed by atoms with Gasteiger partial charge in [0.05, 0.1) is 18.6 Å². The standard InChI is InChI=1S/C19H22N6OS2/c27-19(20-6-7-25-8-10-26-11-9-25)24-23-17-15-12-16(14-4-2-1-3-5-14)28-18(15)22-13-21-17/h1-5,12-13H,6-11H2,(H2,20,24,27)(H,21,22,23). The van der Waals surface area contributed by atoms with Crippen molar-refractivity contribution in [3.63, 3.8) is 0 Å². The van der Waals surface area contributed by atoms with Crippen LogP contribution in [0.3, 0.4) is 0 Å². The number of benzene rings is 1. The number of nitrogens with one attached hydrogen (secondary N) is 3. The molecular formula is C19H22N6OS2. The van der Waals surface area contributed by atoms with Gasteiger partial charge in [-0.05, 0) is 23.8 Å². The summed E-state index contributed by atoms with van der Waals surface area (Å²) in [4.78, 5) is 13.2. The summed E-state index contributed by atoms with van der Waals surface area (Å²) in [5.41, 5.74) is 7.30. The van der Waals surface area contributed by atoms with Gasteiger partial charge in [0.15, 0.2) is 10.9 Å². The Balaban J connectivity index is 1.34. The van der Waals surface area contributed by atoms with E-state index in [2.05, 4.69) is 49.2 Å². The van der Waals surface area contributed by atoms with Crippen molar-refractivity contribution in [3.8, 4) is 10.4 Å². The molecule has 0 spiro atoms. The summed E-state index contributed by atoms with van der Waals surface area (Å²) in [5.74, 6) is 0.709. The number of nitrogens with zero attached hydrogens (tertiary/aromatic N) is 3. The third kappa shape index (κ3) is 4.74. The Bertz CT molecular complexity index is 927. The van der Waals surface area contributed by atoms with E-state index in [9.17, 15) is 0 Å². The number of thiocarbonyl (C=S) groups is 1. The molecule has 1 aliphatic rings. The quantitative estimate of drug-likeness (QED) is 0.420. The second-order valence-corrected chi connectivity index (χ2v) is 7.82. The van der Waals surface area contributed by atoms with Crippen LogP contribution in [-0.4, -0.2) is 59.4 Å². The minimum Gasteiger partial charge on any atom is -0.379 e. The van der Waals surface area contributed by atoms with Gasteiger partial charge in [0.25, 0.3) is 0 Å². The molecule has 3 N–H and O–H groups in total. The lowest BCUT2D eigenvalue weighted by Gasteiger charge is -2.26. The fraction of sp³-hybridized carbons (Fsp3) is 0.316. The summed E-state index contributed by atoms with van der Waals surface area (Å²) in [5, 5.41) is 4.72. The number of morpholine rings is 1. The first kappa shape index (κ1) is 19.0. The number of rotatable bonds is 6. The molecule has 4 rings (SSSR count).